The van der Waals surface area contributed by atoms with Crippen LogP contribution in [-0.4, -0.2) is 19.3 Å². The van der Waals surface area contributed by atoms with Gasteiger partial charge in [0.1, 0.15) is 5.82 Å². The van der Waals surface area contributed by atoms with Crippen LogP contribution < -0.4 is 5.32 Å². The molecule has 2 nitrogen and oxygen atoms in total. The van der Waals surface area contributed by atoms with Gasteiger partial charge in [-0.2, -0.15) is 0 Å². The molecule has 17 heavy (non-hydrogen) atoms. The lowest BCUT2D eigenvalue weighted by Gasteiger charge is -2.25. The molecule has 0 aromatic heterocycles. The van der Waals surface area contributed by atoms with Gasteiger partial charge in [0.25, 0.3) is 0 Å². The number of likely N-dealkylation sites (N-methyl/N-ethyl adjacent to an activating group) is 1. The molecule has 0 aliphatic carbocycles. The van der Waals surface area contributed by atoms with E-state index in [1.807, 2.05) is 20.8 Å². The second-order valence-corrected chi connectivity index (χ2v) is 5.34. The summed E-state index contributed by atoms with van der Waals surface area (Å²) in [6.07, 6.45) is 0. The zero-order valence-electron chi connectivity index (χ0n) is 10.7. The van der Waals surface area contributed by atoms with Gasteiger partial charge >= 0.3 is 0 Å². The lowest BCUT2D eigenvalue weighted by Crippen LogP contribution is -2.28. The summed E-state index contributed by atoms with van der Waals surface area (Å²) in [6, 6.07) is 4.24. The van der Waals surface area contributed by atoms with Gasteiger partial charge in [-0.05, 0) is 51.6 Å². The van der Waals surface area contributed by atoms with Gasteiger partial charge in [0.15, 0.2) is 0 Å². The number of hydrogen-bond acceptors (Lipinski definition) is 2. The van der Waals surface area contributed by atoms with Crippen LogP contribution in [0.1, 0.15) is 32.4 Å². The number of nitrogens with one attached hydrogen (secondary N) is 1. The summed E-state index contributed by atoms with van der Waals surface area (Å²) in [5, 5.41) is 3.63. The van der Waals surface area contributed by atoms with Crippen LogP contribution in [0.3, 0.4) is 0 Å². The van der Waals surface area contributed by atoms with Crippen molar-refractivity contribution < 1.29 is 9.13 Å². The Labute approximate surface area is 107 Å². The van der Waals surface area contributed by atoms with Crippen LogP contribution in [0.2, 0.25) is 5.02 Å². The molecule has 0 spiro atoms. The van der Waals surface area contributed by atoms with Crippen molar-refractivity contribution in [1.82, 2.24) is 5.32 Å². The highest BCUT2D eigenvalue weighted by molar-refractivity contribution is 6.31. The van der Waals surface area contributed by atoms with Crippen molar-refractivity contribution in [1.29, 1.82) is 0 Å². The fourth-order valence-electron chi connectivity index (χ4n) is 1.44. The second kappa shape index (κ2) is 5.80. The third-order valence-electron chi connectivity index (χ3n) is 2.36. The molecule has 0 fully saturated rings. The molecule has 0 heterocycles. The third kappa shape index (κ3) is 4.62. The number of benzene rings is 1. The molecule has 1 unspecified atom stereocenters. The molecule has 0 aliphatic heterocycles. The summed E-state index contributed by atoms with van der Waals surface area (Å²) in [4.78, 5) is 0. The average molecular weight is 260 g/mol. The van der Waals surface area contributed by atoms with Gasteiger partial charge in [0, 0.05) is 5.02 Å². The fraction of sp³-hybridized carbons (Fsp3) is 0.538. The molecule has 1 aromatic carbocycles. The van der Waals surface area contributed by atoms with Gasteiger partial charge in [-0.15, -0.1) is 0 Å². The normalized spacial score (nSPS) is 13.8. The topological polar surface area (TPSA) is 21.3 Å². The molecule has 96 valence electrons. The standard InChI is InChI=1S/C13H19ClFNO/c1-13(2,3)17-8-12(16-4)10-7-9(15)5-6-11(10)14/h5-7,12,16H,8H2,1-4H3. The molecular weight excluding hydrogens is 241 g/mol. The highest BCUT2D eigenvalue weighted by atomic mass is 35.5. The van der Waals surface area contributed by atoms with E-state index >= 15 is 0 Å². The Balaban J connectivity index is 2.82. The van der Waals surface area contributed by atoms with Crippen LogP contribution in [0, 0.1) is 5.82 Å². The molecule has 1 aromatic rings. The molecule has 0 bridgehead atoms. The zero-order valence-corrected chi connectivity index (χ0v) is 11.4. The summed E-state index contributed by atoms with van der Waals surface area (Å²) >= 11 is 6.06. The van der Waals surface area contributed by atoms with Crippen LogP contribution in [0.5, 0.6) is 0 Å². The number of halogens is 2. The van der Waals surface area contributed by atoms with E-state index in [1.54, 1.807) is 13.1 Å². The first kappa shape index (κ1) is 14.4. The fourth-order valence-corrected chi connectivity index (χ4v) is 1.69. The van der Waals surface area contributed by atoms with Crippen molar-refractivity contribution in [2.45, 2.75) is 32.4 Å². The SMILES string of the molecule is CNC(COC(C)(C)C)c1cc(F)ccc1Cl. The average Bonchev–Trinajstić information content (AvgIpc) is 2.22. The van der Waals surface area contributed by atoms with Gasteiger partial charge < -0.3 is 10.1 Å². The molecule has 4 heteroatoms. The molecule has 1 rings (SSSR count). The van der Waals surface area contributed by atoms with E-state index in [4.69, 9.17) is 16.3 Å². The van der Waals surface area contributed by atoms with Crippen molar-refractivity contribution >= 4 is 11.6 Å². The van der Waals surface area contributed by atoms with Gasteiger partial charge in [-0.3, -0.25) is 0 Å². The van der Waals surface area contributed by atoms with E-state index in [1.165, 1.54) is 12.1 Å². The Morgan fingerprint density at radius 1 is 1.41 bits per heavy atom. The van der Waals surface area contributed by atoms with E-state index in [0.717, 1.165) is 5.56 Å². The Morgan fingerprint density at radius 2 is 2.06 bits per heavy atom. The lowest BCUT2D eigenvalue weighted by molar-refractivity contribution is -0.0139. The van der Waals surface area contributed by atoms with Crippen molar-refractivity contribution in [3.63, 3.8) is 0 Å². The molecule has 0 amide bonds. The summed E-state index contributed by atoms with van der Waals surface area (Å²) in [5.41, 5.74) is 0.493. The molecule has 1 atom stereocenters. The summed E-state index contributed by atoms with van der Waals surface area (Å²) in [6.45, 7) is 6.38. The lowest BCUT2D eigenvalue weighted by atomic mass is 10.1. The Morgan fingerprint density at radius 3 is 2.59 bits per heavy atom. The molecule has 0 saturated heterocycles. The molecule has 0 aliphatic rings. The van der Waals surface area contributed by atoms with Crippen molar-refractivity contribution in [3.05, 3.63) is 34.6 Å². The molecule has 0 radical (unpaired) electrons. The minimum absolute atomic E-state index is 0.113. The van der Waals surface area contributed by atoms with Crippen LogP contribution in [0.25, 0.3) is 0 Å². The molecule has 0 saturated carbocycles. The van der Waals surface area contributed by atoms with Crippen molar-refractivity contribution in [2.75, 3.05) is 13.7 Å². The number of rotatable bonds is 4. The second-order valence-electron chi connectivity index (χ2n) is 4.93. The number of ether oxygens (including phenoxy) is 1. The monoisotopic (exact) mass is 259 g/mol. The van der Waals surface area contributed by atoms with Crippen molar-refractivity contribution in [2.24, 2.45) is 0 Å². The minimum atomic E-state index is -0.291. The van der Waals surface area contributed by atoms with Crippen LogP contribution in [0.4, 0.5) is 4.39 Å². The highest BCUT2D eigenvalue weighted by Crippen LogP contribution is 2.25. The Hall–Kier alpha value is -0.640. The smallest absolute Gasteiger partial charge is 0.123 e. The quantitative estimate of drug-likeness (QED) is 0.893. The molecule has 1 N–H and O–H groups in total. The van der Waals surface area contributed by atoms with E-state index in [0.29, 0.717) is 11.6 Å². The van der Waals surface area contributed by atoms with Gasteiger partial charge in [-0.1, -0.05) is 11.6 Å². The maximum atomic E-state index is 13.2. The summed E-state index contributed by atoms with van der Waals surface area (Å²) < 4.78 is 18.9. The number of hydrogen-bond donors (Lipinski definition) is 1. The highest BCUT2D eigenvalue weighted by Gasteiger charge is 2.18. The first-order chi connectivity index (χ1) is 7.83. The Kier molecular flexibility index (Phi) is 4.92. The Bertz CT molecular complexity index is 376. The van der Waals surface area contributed by atoms with Crippen LogP contribution >= 0.6 is 11.6 Å². The first-order valence-corrected chi connectivity index (χ1v) is 5.97. The first-order valence-electron chi connectivity index (χ1n) is 5.59. The van der Waals surface area contributed by atoms with Gasteiger partial charge in [0.2, 0.25) is 0 Å². The van der Waals surface area contributed by atoms with Crippen LogP contribution in [-0.2, 0) is 4.74 Å². The maximum absolute atomic E-state index is 13.2. The third-order valence-corrected chi connectivity index (χ3v) is 2.71. The van der Waals surface area contributed by atoms with Gasteiger partial charge in [-0.25, -0.2) is 4.39 Å². The maximum Gasteiger partial charge on any atom is 0.123 e. The van der Waals surface area contributed by atoms with Crippen LogP contribution in [0.15, 0.2) is 18.2 Å². The van der Waals surface area contributed by atoms with Gasteiger partial charge in [0.05, 0.1) is 18.2 Å². The van der Waals surface area contributed by atoms with E-state index in [9.17, 15) is 4.39 Å². The molecular formula is C13H19ClFNO. The zero-order chi connectivity index (χ0) is 13.1. The van der Waals surface area contributed by atoms with E-state index in [-0.39, 0.29) is 17.5 Å². The minimum Gasteiger partial charge on any atom is -0.374 e. The van der Waals surface area contributed by atoms with Crippen molar-refractivity contribution in [3.8, 4) is 0 Å². The summed E-state index contributed by atoms with van der Waals surface area (Å²) in [5.74, 6) is -0.291. The van der Waals surface area contributed by atoms with E-state index in [2.05, 4.69) is 5.32 Å². The predicted octanol–water partition coefficient (Wildman–Crippen LogP) is 3.55. The summed E-state index contributed by atoms with van der Waals surface area (Å²) in [7, 11) is 1.80. The largest absolute Gasteiger partial charge is 0.374 e. The predicted molar refractivity (Wildman–Crippen MR) is 68.9 cm³/mol. The van der Waals surface area contributed by atoms with E-state index < -0.39 is 0 Å².